The highest BCUT2D eigenvalue weighted by atomic mass is 35.5. The molecule has 116 valence electrons. The van der Waals surface area contributed by atoms with Crippen LogP contribution in [0.4, 0.5) is 10.5 Å². The molecule has 0 aromatic heterocycles. The van der Waals surface area contributed by atoms with Gasteiger partial charge in [-0.25, -0.2) is 4.79 Å². The predicted octanol–water partition coefficient (Wildman–Crippen LogP) is 4.71. The number of halogens is 1. The van der Waals surface area contributed by atoms with E-state index in [1.807, 2.05) is 26.0 Å². The van der Waals surface area contributed by atoms with Crippen molar-refractivity contribution in [1.82, 2.24) is 0 Å². The molecule has 0 aliphatic rings. The van der Waals surface area contributed by atoms with E-state index in [0.29, 0.717) is 17.3 Å². The molecule has 0 aliphatic carbocycles. The van der Waals surface area contributed by atoms with Crippen LogP contribution in [0, 0.1) is 13.8 Å². The van der Waals surface area contributed by atoms with Gasteiger partial charge in [0.2, 0.25) is 0 Å². The molecule has 0 atom stereocenters. The Hall–Kier alpha value is -2.20. The minimum atomic E-state index is -0.532. The monoisotopic (exact) mass is 319 g/mol. The van der Waals surface area contributed by atoms with Gasteiger partial charge in [-0.05, 0) is 43.7 Å². The van der Waals surface area contributed by atoms with Crippen LogP contribution in [-0.2, 0) is 11.3 Å². The van der Waals surface area contributed by atoms with E-state index in [0.717, 1.165) is 16.9 Å². The van der Waals surface area contributed by atoms with Gasteiger partial charge in [0.25, 0.3) is 0 Å². The summed E-state index contributed by atoms with van der Waals surface area (Å²) in [5.74, 6) is 0.801. The van der Waals surface area contributed by atoms with Crippen LogP contribution in [0.5, 0.6) is 5.75 Å². The van der Waals surface area contributed by atoms with Crippen molar-refractivity contribution in [3.63, 3.8) is 0 Å². The fourth-order valence-corrected chi connectivity index (χ4v) is 2.28. The Bertz CT molecular complexity index is 686. The summed E-state index contributed by atoms with van der Waals surface area (Å²) in [4.78, 5) is 11.4. The first-order chi connectivity index (χ1) is 10.5. The van der Waals surface area contributed by atoms with Crippen molar-refractivity contribution in [3.8, 4) is 5.75 Å². The van der Waals surface area contributed by atoms with Crippen molar-refractivity contribution in [2.24, 2.45) is 0 Å². The highest BCUT2D eigenvalue weighted by Gasteiger charge is 2.09. The first-order valence-corrected chi connectivity index (χ1v) is 7.21. The van der Waals surface area contributed by atoms with E-state index in [-0.39, 0.29) is 0 Å². The quantitative estimate of drug-likeness (QED) is 0.887. The van der Waals surface area contributed by atoms with Crippen molar-refractivity contribution < 1.29 is 14.3 Å². The molecular formula is C17H18ClNO3. The second kappa shape index (κ2) is 7.18. The molecule has 4 nitrogen and oxygen atoms in total. The van der Waals surface area contributed by atoms with Gasteiger partial charge < -0.3 is 9.47 Å². The normalized spacial score (nSPS) is 10.2. The number of carbonyl (C=O) groups is 1. The van der Waals surface area contributed by atoms with Crippen LogP contribution in [-0.4, -0.2) is 13.2 Å². The standard InChI is InChI=1S/C17H18ClNO3/c1-11-4-7-16(12(2)8-11)22-10-13-9-14(18)5-6-15(13)19-17(20)21-3/h4-9H,10H2,1-3H3,(H,19,20). The maximum atomic E-state index is 11.4. The summed E-state index contributed by atoms with van der Waals surface area (Å²) in [5.41, 5.74) is 3.63. The largest absolute Gasteiger partial charge is 0.489 e. The number of nitrogens with one attached hydrogen (secondary N) is 1. The Morgan fingerprint density at radius 1 is 1.18 bits per heavy atom. The van der Waals surface area contributed by atoms with Crippen LogP contribution in [0.3, 0.4) is 0 Å². The zero-order valence-electron chi connectivity index (χ0n) is 12.8. The topological polar surface area (TPSA) is 47.6 Å². The molecule has 1 N–H and O–H groups in total. The fourth-order valence-electron chi connectivity index (χ4n) is 2.08. The maximum Gasteiger partial charge on any atom is 0.411 e. The molecule has 22 heavy (non-hydrogen) atoms. The zero-order valence-corrected chi connectivity index (χ0v) is 13.5. The summed E-state index contributed by atoms with van der Waals surface area (Å²) in [5, 5.41) is 3.23. The average Bonchev–Trinajstić information content (AvgIpc) is 2.48. The van der Waals surface area contributed by atoms with Crippen molar-refractivity contribution in [1.29, 1.82) is 0 Å². The zero-order chi connectivity index (χ0) is 16.1. The highest BCUT2D eigenvalue weighted by molar-refractivity contribution is 6.30. The number of aryl methyl sites for hydroxylation is 2. The molecule has 0 bridgehead atoms. The SMILES string of the molecule is COC(=O)Nc1ccc(Cl)cc1COc1ccc(C)cc1C. The molecule has 0 heterocycles. The van der Waals surface area contributed by atoms with Crippen molar-refractivity contribution in [2.45, 2.75) is 20.5 Å². The summed E-state index contributed by atoms with van der Waals surface area (Å²) in [7, 11) is 1.32. The third-order valence-corrected chi connectivity index (χ3v) is 3.44. The minimum absolute atomic E-state index is 0.295. The minimum Gasteiger partial charge on any atom is -0.489 e. The van der Waals surface area contributed by atoms with Gasteiger partial charge >= 0.3 is 6.09 Å². The lowest BCUT2D eigenvalue weighted by Crippen LogP contribution is -2.13. The maximum absolute atomic E-state index is 11.4. The first-order valence-electron chi connectivity index (χ1n) is 6.83. The van der Waals surface area contributed by atoms with E-state index in [1.54, 1.807) is 18.2 Å². The number of rotatable bonds is 4. The number of benzene rings is 2. The fraction of sp³-hybridized carbons (Fsp3) is 0.235. The van der Waals surface area contributed by atoms with E-state index >= 15 is 0 Å². The Morgan fingerprint density at radius 2 is 1.95 bits per heavy atom. The third-order valence-electron chi connectivity index (χ3n) is 3.20. The van der Waals surface area contributed by atoms with Gasteiger partial charge in [-0.15, -0.1) is 0 Å². The number of carbonyl (C=O) groups excluding carboxylic acids is 1. The molecule has 2 rings (SSSR count). The summed E-state index contributed by atoms with van der Waals surface area (Å²) in [6.45, 7) is 4.32. The Morgan fingerprint density at radius 3 is 2.64 bits per heavy atom. The summed E-state index contributed by atoms with van der Waals surface area (Å²) in [6, 6.07) is 11.2. The number of amides is 1. The molecule has 0 aliphatic heterocycles. The third kappa shape index (κ3) is 4.15. The Labute approximate surface area is 135 Å². The number of anilines is 1. The van der Waals surface area contributed by atoms with Crippen molar-refractivity contribution in [3.05, 3.63) is 58.1 Å². The molecule has 0 unspecified atom stereocenters. The van der Waals surface area contributed by atoms with E-state index < -0.39 is 6.09 Å². The lowest BCUT2D eigenvalue weighted by atomic mass is 10.1. The molecule has 0 radical (unpaired) electrons. The van der Waals surface area contributed by atoms with Crippen molar-refractivity contribution in [2.75, 3.05) is 12.4 Å². The Kier molecular flexibility index (Phi) is 5.28. The highest BCUT2D eigenvalue weighted by Crippen LogP contribution is 2.25. The van der Waals surface area contributed by atoms with Crippen LogP contribution in [0.1, 0.15) is 16.7 Å². The van der Waals surface area contributed by atoms with Gasteiger partial charge in [-0.2, -0.15) is 0 Å². The summed E-state index contributed by atoms with van der Waals surface area (Å²) < 4.78 is 10.4. The molecular weight excluding hydrogens is 302 g/mol. The smallest absolute Gasteiger partial charge is 0.411 e. The molecule has 0 saturated carbocycles. The van der Waals surface area contributed by atoms with Crippen LogP contribution in [0.15, 0.2) is 36.4 Å². The molecule has 0 fully saturated rings. The summed E-state index contributed by atoms with van der Waals surface area (Å²) >= 11 is 6.02. The second-order valence-corrected chi connectivity index (χ2v) is 5.41. The van der Waals surface area contributed by atoms with Crippen LogP contribution in [0.2, 0.25) is 5.02 Å². The first kappa shape index (κ1) is 16.2. The van der Waals surface area contributed by atoms with Crippen LogP contribution < -0.4 is 10.1 Å². The number of hydrogen-bond donors (Lipinski definition) is 1. The van der Waals surface area contributed by atoms with Gasteiger partial charge in [0.05, 0.1) is 12.8 Å². The van der Waals surface area contributed by atoms with E-state index in [4.69, 9.17) is 16.3 Å². The molecule has 1 amide bonds. The van der Waals surface area contributed by atoms with E-state index in [9.17, 15) is 4.79 Å². The second-order valence-electron chi connectivity index (χ2n) is 4.98. The lowest BCUT2D eigenvalue weighted by Gasteiger charge is -2.13. The van der Waals surface area contributed by atoms with Gasteiger partial charge in [0, 0.05) is 10.6 Å². The average molecular weight is 320 g/mol. The molecule has 5 heteroatoms. The number of hydrogen-bond acceptors (Lipinski definition) is 3. The van der Waals surface area contributed by atoms with Crippen LogP contribution in [0.25, 0.3) is 0 Å². The molecule has 0 spiro atoms. The van der Waals surface area contributed by atoms with Crippen molar-refractivity contribution >= 4 is 23.4 Å². The molecule has 2 aromatic carbocycles. The Balaban J connectivity index is 2.17. The molecule has 2 aromatic rings. The van der Waals surface area contributed by atoms with E-state index in [2.05, 4.69) is 16.1 Å². The van der Waals surface area contributed by atoms with Gasteiger partial charge in [-0.1, -0.05) is 29.3 Å². The van der Waals surface area contributed by atoms with Gasteiger partial charge in [0.15, 0.2) is 0 Å². The number of ether oxygens (including phenoxy) is 2. The number of methoxy groups -OCH3 is 1. The lowest BCUT2D eigenvalue weighted by molar-refractivity contribution is 0.187. The van der Waals surface area contributed by atoms with Gasteiger partial charge in [-0.3, -0.25) is 5.32 Å². The molecule has 0 saturated heterocycles. The van der Waals surface area contributed by atoms with E-state index in [1.165, 1.54) is 12.7 Å². The predicted molar refractivity (Wildman–Crippen MR) is 87.7 cm³/mol. The van der Waals surface area contributed by atoms with Crippen LogP contribution >= 0.6 is 11.6 Å². The van der Waals surface area contributed by atoms with Gasteiger partial charge in [0.1, 0.15) is 12.4 Å². The summed E-state index contributed by atoms with van der Waals surface area (Å²) in [6.07, 6.45) is -0.532.